The van der Waals surface area contributed by atoms with Crippen LogP contribution in [0.1, 0.15) is 17.9 Å². The standard InChI is InChI=1S/C18H32O4Si2/c1-20-18(19)17(15-11-9-8-10-12-15)16(22-24(5,6)7)13-14-21-23(2,3)4/h8-12,16-17H,13-14H2,1-7H3/t16-,17+/m0/s1. The van der Waals surface area contributed by atoms with Crippen molar-refractivity contribution in [3.63, 3.8) is 0 Å². The van der Waals surface area contributed by atoms with E-state index in [1.54, 1.807) is 0 Å². The molecule has 0 N–H and O–H groups in total. The van der Waals surface area contributed by atoms with E-state index in [2.05, 4.69) is 39.3 Å². The van der Waals surface area contributed by atoms with E-state index in [-0.39, 0.29) is 12.1 Å². The summed E-state index contributed by atoms with van der Waals surface area (Å²) in [6.07, 6.45) is 0.450. The minimum Gasteiger partial charge on any atom is -0.468 e. The zero-order chi connectivity index (χ0) is 18.4. The molecule has 0 unspecified atom stereocenters. The van der Waals surface area contributed by atoms with Gasteiger partial charge in [-0.2, -0.15) is 0 Å². The van der Waals surface area contributed by atoms with Crippen LogP contribution in [0.5, 0.6) is 0 Å². The Balaban J connectivity index is 3.03. The number of hydrogen-bond acceptors (Lipinski definition) is 4. The van der Waals surface area contributed by atoms with Gasteiger partial charge in [-0.05, 0) is 51.3 Å². The van der Waals surface area contributed by atoms with Crippen LogP contribution in [0.3, 0.4) is 0 Å². The Morgan fingerprint density at radius 1 is 1.00 bits per heavy atom. The second-order valence-electron chi connectivity index (χ2n) is 7.93. The number of esters is 1. The molecule has 1 rings (SSSR count). The Bertz CT molecular complexity index is 506. The lowest BCUT2D eigenvalue weighted by Crippen LogP contribution is -2.40. The molecular formula is C18H32O4Si2. The lowest BCUT2D eigenvalue weighted by atomic mass is 9.92. The number of ether oxygens (including phenoxy) is 1. The summed E-state index contributed by atoms with van der Waals surface area (Å²) in [6.45, 7) is 13.5. The maximum absolute atomic E-state index is 12.5. The van der Waals surface area contributed by atoms with Gasteiger partial charge in [0.15, 0.2) is 16.6 Å². The molecule has 0 spiro atoms. The predicted molar refractivity (Wildman–Crippen MR) is 103 cm³/mol. The van der Waals surface area contributed by atoms with Gasteiger partial charge in [0.1, 0.15) is 5.92 Å². The fourth-order valence-electron chi connectivity index (χ4n) is 2.52. The summed E-state index contributed by atoms with van der Waals surface area (Å²) in [5.74, 6) is -0.675. The molecule has 0 saturated heterocycles. The molecule has 0 saturated carbocycles. The molecule has 0 aliphatic carbocycles. The van der Waals surface area contributed by atoms with E-state index < -0.39 is 22.6 Å². The maximum atomic E-state index is 12.5. The summed E-state index contributed by atoms with van der Waals surface area (Å²) >= 11 is 0. The van der Waals surface area contributed by atoms with Gasteiger partial charge in [0, 0.05) is 6.61 Å². The highest BCUT2D eigenvalue weighted by Crippen LogP contribution is 2.28. The summed E-state index contributed by atoms with van der Waals surface area (Å²) in [5.41, 5.74) is 0.931. The fraction of sp³-hybridized carbons (Fsp3) is 0.611. The lowest BCUT2D eigenvalue weighted by Gasteiger charge is -2.32. The van der Waals surface area contributed by atoms with Crippen molar-refractivity contribution in [1.29, 1.82) is 0 Å². The van der Waals surface area contributed by atoms with Crippen molar-refractivity contribution >= 4 is 22.6 Å². The minimum atomic E-state index is -1.82. The van der Waals surface area contributed by atoms with E-state index >= 15 is 0 Å². The zero-order valence-electron chi connectivity index (χ0n) is 16.1. The minimum absolute atomic E-state index is 0.233. The van der Waals surface area contributed by atoms with Crippen molar-refractivity contribution in [2.75, 3.05) is 13.7 Å². The summed E-state index contributed by atoms with van der Waals surface area (Å²) in [4.78, 5) is 12.5. The molecule has 0 fully saturated rings. The molecule has 0 aliphatic heterocycles. The van der Waals surface area contributed by atoms with E-state index in [0.717, 1.165) is 5.56 Å². The second-order valence-corrected chi connectivity index (χ2v) is 16.9. The molecule has 2 atom stereocenters. The normalized spacial score (nSPS) is 15.0. The molecule has 0 bridgehead atoms. The quantitative estimate of drug-likeness (QED) is 0.478. The first-order valence-corrected chi connectivity index (χ1v) is 15.3. The van der Waals surface area contributed by atoms with Crippen LogP contribution in [0, 0.1) is 0 Å². The summed E-state index contributed by atoms with van der Waals surface area (Å²) in [7, 11) is -1.98. The maximum Gasteiger partial charge on any atom is 0.315 e. The Kier molecular flexibility index (Phi) is 7.86. The highest BCUT2D eigenvalue weighted by molar-refractivity contribution is 6.70. The molecular weight excluding hydrogens is 336 g/mol. The molecule has 0 heterocycles. The molecule has 0 aliphatic rings. The van der Waals surface area contributed by atoms with Crippen LogP contribution in [-0.4, -0.2) is 42.4 Å². The monoisotopic (exact) mass is 368 g/mol. The average Bonchev–Trinajstić information content (AvgIpc) is 2.45. The highest BCUT2D eigenvalue weighted by atomic mass is 28.4. The van der Waals surface area contributed by atoms with Crippen LogP contribution < -0.4 is 0 Å². The van der Waals surface area contributed by atoms with Crippen molar-refractivity contribution in [2.45, 2.75) is 57.7 Å². The van der Waals surface area contributed by atoms with Crippen molar-refractivity contribution < 1.29 is 18.4 Å². The van der Waals surface area contributed by atoms with Gasteiger partial charge in [0.2, 0.25) is 0 Å². The first-order chi connectivity index (χ1) is 11.0. The average molecular weight is 369 g/mol. The Morgan fingerprint density at radius 2 is 1.58 bits per heavy atom. The van der Waals surface area contributed by atoms with Crippen molar-refractivity contribution in [2.24, 2.45) is 0 Å². The molecule has 0 radical (unpaired) electrons. The topological polar surface area (TPSA) is 44.8 Å². The van der Waals surface area contributed by atoms with Gasteiger partial charge in [-0.15, -0.1) is 0 Å². The van der Waals surface area contributed by atoms with E-state index in [9.17, 15) is 4.79 Å². The third-order valence-corrected chi connectivity index (χ3v) is 5.51. The van der Waals surface area contributed by atoms with Crippen LogP contribution in [-0.2, 0) is 18.4 Å². The molecule has 6 heteroatoms. The lowest BCUT2D eigenvalue weighted by molar-refractivity contribution is -0.145. The first-order valence-electron chi connectivity index (χ1n) is 8.48. The van der Waals surface area contributed by atoms with Gasteiger partial charge in [-0.1, -0.05) is 30.3 Å². The number of carbonyl (C=O) groups excluding carboxylic acids is 1. The third-order valence-electron chi connectivity index (χ3n) is 3.43. The number of carbonyl (C=O) groups is 1. The van der Waals surface area contributed by atoms with Crippen LogP contribution in [0.25, 0.3) is 0 Å². The van der Waals surface area contributed by atoms with Gasteiger partial charge >= 0.3 is 5.97 Å². The number of hydrogen-bond donors (Lipinski definition) is 0. The van der Waals surface area contributed by atoms with E-state index in [0.29, 0.717) is 13.0 Å². The Morgan fingerprint density at radius 3 is 2.04 bits per heavy atom. The van der Waals surface area contributed by atoms with Gasteiger partial charge in [-0.3, -0.25) is 4.79 Å². The molecule has 24 heavy (non-hydrogen) atoms. The molecule has 136 valence electrons. The Hall–Kier alpha value is -0.956. The van der Waals surface area contributed by atoms with E-state index in [1.807, 2.05) is 30.3 Å². The van der Waals surface area contributed by atoms with Gasteiger partial charge in [0.25, 0.3) is 0 Å². The molecule has 0 aromatic heterocycles. The van der Waals surface area contributed by atoms with Gasteiger partial charge in [0.05, 0.1) is 13.2 Å². The van der Waals surface area contributed by atoms with Crippen LogP contribution in [0.15, 0.2) is 30.3 Å². The fourth-order valence-corrected chi connectivity index (χ4v) is 4.41. The molecule has 0 amide bonds. The van der Waals surface area contributed by atoms with Crippen molar-refractivity contribution in [1.82, 2.24) is 0 Å². The zero-order valence-corrected chi connectivity index (χ0v) is 18.1. The largest absolute Gasteiger partial charge is 0.468 e. The molecule has 1 aromatic carbocycles. The summed E-state index contributed by atoms with van der Waals surface area (Å²) < 4.78 is 17.4. The third kappa shape index (κ3) is 7.74. The van der Waals surface area contributed by atoms with Crippen molar-refractivity contribution in [3.8, 4) is 0 Å². The van der Waals surface area contributed by atoms with Crippen LogP contribution in [0.2, 0.25) is 39.3 Å². The van der Waals surface area contributed by atoms with Crippen molar-refractivity contribution in [3.05, 3.63) is 35.9 Å². The highest BCUT2D eigenvalue weighted by Gasteiger charge is 2.35. The predicted octanol–water partition coefficient (Wildman–Crippen LogP) is 4.40. The van der Waals surface area contributed by atoms with E-state index in [4.69, 9.17) is 13.6 Å². The summed E-state index contributed by atoms with van der Waals surface area (Å²) in [6, 6.07) is 9.74. The van der Waals surface area contributed by atoms with Crippen LogP contribution >= 0.6 is 0 Å². The smallest absolute Gasteiger partial charge is 0.315 e. The number of benzene rings is 1. The SMILES string of the molecule is COC(=O)[C@H](c1ccccc1)[C@H](CCO[Si](C)(C)C)O[Si](C)(C)C. The molecule has 4 nitrogen and oxygen atoms in total. The van der Waals surface area contributed by atoms with Gasteiger partial charge in [-0.25, -0.2) is 0 Å². The molecule has 1 aromatic rings. The second kappa shape index (κ2) is 8.94. The number of rotatable bonds is 9. The number of methoxy groups -OCH3 is 1. The van der Waals surface area contributed by atoms with E-state index in [1.165, 1.54) is 7.11 Å². The first kappa shape index (κ1) is 21.1. The Labute approximate surface area is 148 Å². The van der Waals surface area contributed by atoms with Crippen LogP contribution in [0.4, 0.5) is 0 Å². The van der Waals surface area contributed by atoms with Gasteiger partial charge < -0.3 is 13.6 Å². The summed E-state index contributed by atoms with van der Waals surface area (Å²) in [5, 5.41) is 0.